The molecule has 1 aromatic rings. The van der Waals surface area contributed by atoms with E-state index in [0.29, 0.717) is 6.04 Å². The maximum atomic E-state index is 5.03. The van der Waals surface area contributed by atoms with Gasteiger partial charge < -0.3 is 5.32 Å². The molecule has 0 spiro atoms. The zero-order valence-corrected chi connectivity index (χ0v) is 20.0. The summed E-state index contributed by atoms with van der Waals surface area (Å²) in [6.45, 7) is 14.7. The molecule has 3 heteroatoms. The zero-order chi connectivity index (χ0) is 22.4. The van der Waals surface area contributed by atoms with Gasteiger partial charge in [0.1, 0.15) is 0 Å². The number of likely N-dealkylation sites (tertiary alicyclic amines) is 1. The van der Waals surface area contributed by atoms with E-state index >= 15 is 0 Å². The molecule has 2 aliphatic rings. The Bertz CT molecular complexity index is 775. The van der Waals surface area contributed by atoms with Crippen LogP contribution < -0.4 is 5.32 Å². The van der Waals surface area contributed by atoms with Crippen molar-refractivity contribution in [3.63, 3.8) is 0 Å². The van der Waals surface area contributed by atoms with Crippen LogP contribution in [0.5, 0.6) is 0 Å². The molecule has 0 bridgehead atoms. The normalized spacial score (nSPS) is 21.7. The molecule has 1 saturated heterocycles. The van der Waals surface area contributed by atoms with E-state index in [-0.39, 0.29) is 10.8 Å². The number of nitrogens with one attached hydrogen (secondary N) is 1. The molecule has 0 atom stereocenters. The van der Waals surface area contributed by atoms with E-state index in [2.05, 4.69) is 95.1 Å². The average Bonchev–Trinajstić information content (AvgIpc) is 2.76. The van der Waals surface area contributed by atoms with Gasteiger partial charge in [-0.05, 0) is 73.8 Å². The molecule has 0 aromatic heterocycles. The summed E-state index contributed by atoms with van der Waals surface area (Å²) in [6, 6.07) is 7.74. The molecule has 3 nitrogen and oxygen atoms in total. The fourth-order valence-electron chi connectivity index (χ4n) is 4.69. The van der Waals surface area contributed by atoms with E-state index < -0.39 is 0 Å². The molecule has 1 aliphatic carbocycles. The molecular weight excluding hydrogens is 366 g/mol. The van der Waals surface area contributed by atoms with Crippen LogP contribution in [-0.2, 0) is 10.8 Å². The molecule has 0 amide bonds. The Kier molecular flexibility index (Phi) is 8.47. The Hall–Kier alpha value is -1.89. The van der Waals surface area contributed by atoms with Crippen LogP contribution in [0.25, 0.3) is 0 Å². The van der Waals surface area contributed by atoms with E-state index in [4.69, 9.17) is 4.99 Å². The van der Waals surface area contributed by atoms with Crippen LogP contribution in [-0.4, -0.2) is 43.5 Å². The van der Waals surface area contributed by atoms with Gasteiger partial charge in [0.15, 0.2) is 0 Å². The summed E-state index contributed by atoms with van der Waals surface area (Å²) in [6.07, 6.45) is 17.2. The van der Waals surface area contributed by atoms with Crippen LogP contribution in [0, 0.1) is 12.8 Å². The van der Waals surface area contributed by atoms with Crippen molar-refractivity contribution in [1.82, 2.24) is 10.2 Å². The lowest BCUT2D eigenvalue weighted by atomic mass is 9.63. The van der Waals surface area contributed by atoms with Crippen LogP contribution in [0.15, 0.2) is 35.3 Å². The minimum absolute atomic E-state index is 0.233. The fourth-order valence-corrected chi connectivity index (χ4v) is 4.69. The maximum absolute atomic E-state index is 5.03. The molecule has 1 N–H and O–H groups in total. The van der Waals surface area contributed by atoms with Gasteiger partial charge in [-0.25, -0.2) is 0 Å². The van der Waals surface area contributed by atoms with Gasteiger partial charge in [-0.2, -0.15) is 0 Å². The number of nitrogens with zero attached hydrogens (tertiary/aromatic N) is 2. The number of piperidine rings is 1. The first kappa shape index (κ1) is 24.4. The Morgan fingerprint density at radius 3 is 2.27 bits per heavy atom. The highest BCUT2D eigenvalue weighted by Crippen LogP contribution is 2.45. The number of terminal acetylenes is 1. The van der Waals surface area contributed by atoms with Crippen molar-refractivity contribution in [2.24, 2.45) is 4.99 Å². The standard InChI is InChI=1S/C25H39N3.C2H2/c1-7-8-23(27-18-28-15-11-20(26-6)12-16-28)19-9-10-21-22(17-19)25(4,5)14-13-24(21,2)3;1-2/h7-10,17,20,26H,11-16,18H2,1-6H3;1-2H/b8-7-,27-23+;. The number of hydrogen-bond donors (Lipinski definition) is 1. The maximum Gasteiger partial charge on any atom is 0.0916 e. The van der Waals surface area contributed by atoms with Gasteiger partial charge in [-0.1, -0.05) is 45.9 Å². The number of rotatable bonds is 5. The molecule has 164 valence electrons. The lowest BCUT2D eigenvalue weighted by Gasteiger charge is -2.42. The largest absolute Gasteiger partial charge is 0.317 e. The van der Waals surface area contributed by atoms with Gasteiger partial charge in [0.05, 0.1) is 12.4 Å². The lowest BCUT2D eigenvalue weighted by Crippen LogP contribution is -2.41. The van der Waals surface area contributed by atoms with Crippen molar-refractivity contribution in [2.45, 2.75) is 77.2 Å². The van der Waals surface area contributed by atoms with Gasteiger partial charge >= 0.3 is 0 Å². The minimum atomic E-state index is 0.233. The van der Waals surface area contributed by atoms with Gasteiger partial charge in [0.2, 0.25) is 0 Å². The Morgan fingerprint density at radius 1 is 1.10 bits per heavy atom. The number of aliphatic imine (C=N–C) groups is 1. The Balaban J connectivity index is 0.00000155. The summed E-state index contributed by atoms with van der Waals surface area (Å²) >= 11 is 0. The van der Waals surface area contributed by atoms with E-state index in [9.17, 15) is 0 Å². The van der Waals surface area contributed by atoms with Crippen molar-refractivity contribution in [3.8, 4) is 12.8 Å². The van der Waals surface area contributed by atoms with E-state index in [1.807, 2.05) is 0 Å². The predicted octanol–water partition coefficient (Wildman–Crippen LogP) is 5.29. The topological polar surface area (TPSA) is 27.6 Å². The first-order valence-corrected chi connectivity index (χ1v) is 11.3. The first-order chi connectivity index (χ1) is 14.3. The van der Waals surface area contributed by atoms with Crippen LogP contribution in [0.2, 0.25) is 0 Å². The van der Waals surface area contributed by atoms with Crippen LogP contribution in [0.3, 0.4) is 0 Å². The molecule has 1 aliphatic heterocycles. The summed E-state index contributed by atoms with van der Waals surface area (Å²) in [7, 11) is 2.07. The van der Waals surface area contributed by atoms with Crippen molar-refractivity contribution in [3.05, 3.63) is 47.0 Å². The quantitative estimate of drug-likeness (QED) is 0.530. The molecule has 0 saturated carbocycles. The van der Waals surface area contributed by atoms with Crippen LogP contribution in [0.4, 0.5) is 0 Å². The number of benzene rings is 1. The van der Waals surface area contributed by atoms with Crippen LogP contribution in [0.1, 0.15) is 77.0 Å². The van der Waals surface area contributed by atoms with Crippen molar-refractivity contribution in [2.75, 3.05) is 26.8 Å². The molecule has 1 aromatic carbocycles. The molecule has 3 rings (SSSR count). The minimum Gasteiger partial charge on any atom is -0.317 e. The predicted molar refractivity (Wildman–Crippen MR) is 131 cm³/mol. The Morgan fingerprint density at radius 2 is 1.70 bits per heavy atom. The summed E-state index contributed by atoms with van der Waals surface area (Å²) < 4.78 is 0. The van der Waals surface area contributed by atoms with E-state index in [1.54, 1.807) is 0 Å². The Labute approximate surface area is 185 Å². The van der Waals surface area contributed by atoms with Gasteiger partial charge in [0.25, 0.3) is 0 Å². The highest BCUT2D eigenvalue weighted by atomic mass is 15.2. The summed E-state index contributed by atoms with van der Waals surface area (Å²) in [4.78, 5) is 7.50. The highest BCUT2D eigenvalue weighted by Gasteiger charge is 2.37. The summed E-state index contributed by atoms with van der Waals surface area (Å²) in [5.41, 5.74) is 5.89. The summed E-state index contributed by atoms with van der Waals surface area (Å²) in [5.74, 6) is 0. The number of allylic oxidation sites excluding steroid dienone is 2. The molecule has 1 fully saturated rings. The molecule has 30 heavy (non-hydrogen) atoms. The molecule has 0 unspecified atom stereocenters. The smallest absolute Gasteiger partial charge is 0.0916 e. The van der Waals surface area contributed by atoms with Crippen molar-refractivity contribution < 1.29 is 0 Å². The third-order valence-electron chi connectivity index (χ3n) is 6.91. The average molecular weight is 408 g/mol. The van der Waals surface area contributed by atoms with E-state index in [0.717, 1.165) is 25.5 Å². The monoisotopic (exact) mass is 407 g/mol. The van der Waals surface area contributed by atoms with Crippen molar-refractivity contribution >= 4 is 5.71 Å². The second-order valence-electron chi connectivity index (χ2n) is 9.89. The molecule has 0 radical (unpaired) electrons. The fraction of sp³-hybridized carbons (Fsp3) is 0.593. The zero-order valence-electron chi connectivity index (χ0n) is 20.0. The highest BCUT2D eigenvalue weighted by molar-refractivity contribution is 6.08. The van der Waals surface area contributed by atoms with Crippen LogP contribution >= 0.6 is 0 Å². The van der Waals surface area contributed by atoms with Crippen molar-refractivity contribution in [1.29, 1.82) is 0 Å². The third kappa shape index (κ3) is 5.62. The summed E-state index contributed by atoms with van der Waals surface area (Å²) in [5, 5.41) is 3.40. The first-order valence-electron chi connectivity index (χ1n) is 11.3. The third-order valence-corrected chi connectivity index (χ3v) is 6.91. The second-order valence-corrected chi connectivity index (χ2v) is 9.89. The molecular formula is C27H41N3. The van der Waals surface area contributed by atoms with Gasteiger partial charge in [-0.15, -0.1) is 12.8 Å². The van der Waals surface area contributed by atoms with Gasteiger partial charge in [-0.3, -0.25) is 9.89 Å². The molecule has 1 heterocycles. The number of hydrogen-bond acceptors (Lipinski definition) is 3. The second kappa shape index (κ2) is 10.4. The number of fused-ring (bicyclic) bond motifs is 1. The SMILES string of the molecule is C#C.C/C=C\C(=N/CN1CCC(NC)CC1)c1ccc2c(c1)C(C)(C)CCC2(C)C. The van der Waals surface area contributed by atoms with Gasteiger partial charge in [0, 0.05) is 24.7 Å². The lowest BCUT2D eigenvalue weighted by molar-refractivity contribution is 0.207. The van der Waals surface area contributed by atoms with E-state index in [1.165, 1.54) is 42.4 Å².